The number of hydrogen-bond acceptors (Lipinski definition) is 5. The summed E-state index contributed by atoms with van der Waals surface area (Å²) in [5.74, 6) is -2.57. The maximum Gasteiger partial charge on any atom is 0.243 e. The normalized spacial score (nSPS) is 17.8. The second kappa shape index (κ2) is 8.73. The standard InChI is InChI=1S/C23H23F2N3O3S2/c24-18-12-20-21(13-19(18)25)32-23(26-20)27-22(29)15-7-9-28(10-8-15)33(30,31)17-6-5-14-3-1-2-4-16(14)11-17/h5-6,11-13,15H,1-4,7-10H2,(H,26,27,29). The third-order valence-corrected chi connectivity index (χ3v) is 9.27. The van der Waals surface area contributed by atoms with Gasteiger partial charge in [0.05, 0.1) is 15.1 Å². The Morgan fingerprint density at radius 2 is 1.73 bits per heavy atom. The molecule has 174 valence electrons. The van der Waals surface area contributed by atoms with Crippen molar-refractivity contribution in [3.8, 4) is 0 Å². The largest absolute Gasteiger partial charge is 0.302 e. The smallest absolute Gasteiger partial charge is 0.243 e. The lowest BCUT2D eigenvalue weighted by Crippen LogP contribution is -2.41. The number of benzene rings is 2. The van der Waals surface area contributed by atoms with Crippen LogP contribution in [0.3, 0.4) is 0 Å². The fourth-order valence-corrected chi connectivity index (χ4v) is 6.96. The van der Waals surface area contributed by atoms with E-state index in [1.165, 1.54) is 9.87 Å². The zero-order valence-corrected chi connectivity index (χ0v) is 19.4. The second-order valence-electron chi connectivity index (χ2n) is 8.56. The Morgan fingerprint density at radius 1 is 1.03 bits per heavy atom. The molecule has 1 amide bonds. The third-order valence-electron chi connectivity index (χ3n) is 6.44. The van der Waals surface area contributed by atoms with E-state index in [0.29, 0.717) is 22.4 Å². The number of nitrogens with zero attached hydrogens (tertiary/aromatic N) is 2. The first kappa shape index (κ1) is 22.4. The molecule has 2 aliphatic rings. The molecule has 2 aromatic carbocycles. The summed E-state index contributed by atoms with van der Waals surface area (Å²) in [7, 11) is -3.61. The molecule has 1 aromatic heterocycles. The van der Waals surface area contributed by atoms with Gasteiger partial charge in [-0.25, -0.2) is 22.2 Å². The van der Waals surface area contributed by atoms with Crippen LogP contribution in [0, 0.1) is 17.6 Å². The molecule has 2 heterocycles. The Bertz CT molecular complexity index is 1290. The van der Waals surface area contributed by atoms with Gasteiger partial charge in [0, 0.05) is 25.1 Å². The summed E-state index contributed by atoms with van der Waals surface area (Å²) in [5, 5.41) is 2.98. The lowest BCUT2D eigenvalue weighted by molar-refractivity contribution is -0.120. The summed E-state index contributed by atoms with van der Waals surface area (Å²) in [6.07, 6.45) is 4.91. The van der Waals surface area contributed by atoms with Crippen molar-refractivity contribution in [2.45, 2.75) is 43.4 Å². The maximum absolute atomic E-state index is 13.4. The van der Waals surface area contributed by atoms with Crippen LogP contribution in [0.1, 0.15) is 36.8 Å². The monoisotopic (exact) mass is 491 g/mol. The number of rotatable bonds is 4. The minimum Gasteiger partial charge on any atom is -0.302 e. The molecule has 10 heteroatoms. The van der Waals surface area contributed by atoms with E-state index in [2.05, 4.69) is 10.3 Å². The van der Waals surface area contributed by atoms with Gasteiger partial charge in [-0.3, -0.25) is 4.79 Å². The van der Waals surface area contributed by atoms with Gasteiger partial charge in [-0.05, 0) is 67.9 Å². The molecule has 1 aliphatic heterocycles. The van der Waals surface area contributed by atoms with Crippen molar-refractivity contribution in [3.63, 3.8) is 0 Å². The topological polar surface area (TPSA) is 79.4 Å². The third kappa shape index (κ3) is 4.39. The van der Waals surface area contributed by atoms with Gasteiger partial charge in [0.2, 0.25) is 15.9 Å². The van der Waals surface area contributed by atoms with Crippen LogP contribution in [0.2, 0.25) is 0 Å². The van der Waals surface area contributed by atoms with E-state index >= 15 is 0 Å². The van der Waals surface area contributed by atoms with Gasteiger partial charge in [-0.2, -0.15) is 4.31 Å². The first-order valence-corrected chi connectivity index (χ1v) is 13.3. The number of thiazole rings is 1. The molecule has 6 nitrogen and oxygen atoms in total. The molecule has 1 aliphatic carbocycles. The summed E-state index contributed by atoms with van der Waals surface area (Å²) >= 11 is 1.07. The molecule has 5 rings (SSSR count). The van der Waals surface area contributed by atoms with Crippen LogP contribution in [0.25, 0.3) is 10.2 Å². The lowest BCUT2D eigenvalue weighted by atomic mass is 9.92. The van der Waals surface area contributed by atoms with Gasteiger partial charge in [0.15, 0.2) is 16.8 Å². The highest BCUT2D eigenvalue weighted by Gasteiger charge is 2.33. The molecule has 0 radical (unpaired) electrons. The molecular formula is C23H23F2N3O3S2. The van der Waals surface area contributed by atoms with Gasteiger partial charge < -0.3 is 5.32 Å². The molecule has 0 bridgehead atoms. The van der Waals surface area contributed by atoms with Crippen molar-refractivity contribution in [3.05, 3.63) is 53.1 Å². The van der Waals surface area contributed by atoms with Crippen LogP contribution in [-0.4, -0.2) is 36.7 Å². The zero-order valence-electron chi connectivity index (χ0n) is 17.8. The summed E-state index contributed by atoms with van der Waals surface area (Å²) in [6.45, 7) is 0.515. The number of carbonyl (C=O) groups excluding carboxylic acids is 1. The number of halogens is 2. The summed E-state index contributed by atoms with van der Waals surface area (Å²) in [6, 6.07) is 7.48. The molecule has 0 atom stereocenters. The summed E-state index contributed by atoms with van der Waals surface area (Å²) in [5.41, 5.74) is 2.63. The molecule has 1 N–H and O–H groups in total. The lowest BCUT2D eigenvalue weighted by Gasteiger charge is -2.30. The fraction of sp³-hybridized carbons (Fsp3) is 0.391. The first-order chi connectivity index (χ1) is 15.8. The SMILES string of the molecule is O=C(Nc1nc2cc(F)c(F)cc2s1)C1CCN(S(=O)(=O)c2ccc3c(c2)CCCC3)CC1. The van der Waals surface area contributed by atoms with Crippen LogP contribution in [-0.2, 0) is 27.7 Å². The van der Waals surface area contributed by atoms with Crippen LogP contribution < -0.4 is 5.32 Å². The number of aryl methyl sites for hydroxylation is 2. The molecular weight excluding hydrogens is 468 g/mol. The van der Waals surface area contributed by atoms with Crippen LogP contribution in [0.15, 0.2) is 35.2 Å². The molecule has 1 fully saturated rings. The molecule has 0 saturated carbocycles. The van der Waals surface area contributed by atoms with Crippen molar-refractivity contribution < 1.29 is 22.0 Å². The fourth-order valence-electron chi connectivity index (χ4n) is 4.56. The van der Waals surface area contributed by atoms with Gasteiger partial charge in [-0.1, -0.05) is 17.4 Å². The highest BCUT2D eigenvalue weighted by Crippen LogP contribution is 2.31. The number of fused-ring (bicyclic) bond motifs is 2. The first-order valence-electron chi connectivity index (χ1n) is 11.0. The van der Waals surface area contributed by atoms with Gasteiger partial charge in [-0.15, -0.1) is 0 Å². The molecule has 3 aromatic rings. The van der Waals surface area contributed by atoms with E-state index in [1.54, 1.807) is 12.1 Å². The Morgan fingerprint density at radius 3 is 2.48 bits per heavy atom. The minimum absolute atomic E-state index is 0.258. The van der Waals surface area contributed by atoms with Crippen molar-refractivity contribution in [2.75, 3.05) is 18.4 Å². The molecule has 1 saturated heterocycles. The quantitative estimate of drug-likeness (QED) is 0.583. The van der Waals surface area contributed by atoms with Gasteiger partial charge >= 0.3 is 0 Å². The number of sulfonamides is 1. The van der Waals surface area contributed by atoms with Gasteiger partial charge in [0.1, 0.15) is 0 Å². The highest BCUT2D eigenvalue weighted by molar-refractivity contribution is 7.89. The van der Waals surface area contributed by atoms with E-state index in [9.17, 15) is 22.0 Å². The Labute approximate surface area is 194 Å². The van der Waals surface area contributed by atoms with Gasteiger partial charge in [0.25, 0.3) is 0 Å². The number of hydrogen-bond donors (Lipinski definition) is 1. The van der Waals surface area contributed by atoms with E-state index in [-0.39, 0.29) is 35.6 Å². The average molecular weight is 492 g/mol. The Kier molecular flexibility index (Phi) is 5.92. The predicted molar refractivity (Wildman–Crippen MR) is 123 cm³/mol. The van der Waals surface area contributed by atoms with E-state index in [0.717, 1.165) is 54.7 Å². The van der Waals surface area contributed by atoms with Crippen molar-refractivity contribution in [1.82, 2.24) is 9.29 Å². The van der Waals surface area contributed by atoms with Crippen molar-refractivity contribution in [2.24, 2.45) is 5.92 Å². The zero-order chi connectivity index (χ0) is 23.2. The Balaban J connectivity index is 1.23. The van der Waals surface area contributed by atoms with Crippen molar-refractivity contribution >= 4 is 42.6 Å². The highest BCUT2D eigenvalue weighted by atomic mass is 32.2. The van der Waals surface area contributed by atoms with Crippen LogP contribution >= 0.6 is 11.3 Å². The van der Waals surface area contributed by atoms with Crippen LogP contribution in [0.4, 0.5) is 13.9 Å². The number of anilines is 1. The maximum atomic E-state index is 13.4. The number of nitrogens with one attached hydrogen (secondary N) is 1. The summed E-state index contributed by atoms with van der Waals surface area (Å²) in [4.78, 5) is 17.2. The predicted octanol–water partition coefficient (Wildman–Crippen LogP) is 4.49. The van der Waals surface area contributed by atoms with E-state index < -0.39 is 21.7 Å². The molecule has 0 spiro atoms. The number of piperidine rings is 1. The Hall–Kier alpha value is -2.43. The number of amides is 1. The van der Waals surface area contributed by atoms with Crippen molar-refractivity contribution in [1.29, 1.82) is 0 Å². The average Bonchev–Trinajstić information content (AvgIpc) is 3.19. The summed E-state index contributed by atoms with van der Waals surface area (Å²) < 4.78 is 55.0. The van der Waals surface area contributed by atoms with E-state index in [4.69, 9.17) is 0 Å². The van der Waals surface area contributed by atoms with E-state index in [1.807, 2.05) is 6.07 Å². The molecule has 33 heavy (non-hydrogen) atoms. The number of aromatic nitrogens is 1. The minimum atomic E-state index is -3.61. The number of carbonyl (C=O) groups is 1. The second-order valence-corrected chi connectivity index (χ2v) is 11.5. The van der Waals surface area contributed by atoms with Crippen LogP contribution in [0.5, 0.6) is 0 Å². The molecule has 0 unspecified atom stereocenters.